The topological polar surface area (TPSA) is 18.5 Å². The summed E-state index contributed by atoms with van der Waals surface area (Å²) in [5, 5.41) is 0. The van der Waals surface area contributed by atoms with Gasteiger partial charge in [-0.05, 0) is 131 Å². The first-order valence-electron chi connectivity index (χ1n) is 15.2. The van der Waals surface area contributed by atoms with E-state index in [1.807, 2.05) is 20.8 Å². The highest BCUT2D eigenvalue weighted by atomic mass is 31.2. The lowest BCUT2D eigenvalue weighted by atomic mass is 9.44. The Morgan fingerprint density at radius 1 is 0.886 bits per heavy atom. The van der Waals surface area contributed by atoms with E-state index in [1.54, 1.807) is 0 Å². The molecule has 2 nitrogen and oxygen atoms in total. The van der Waals surface area contributed by atoms with Crippen LogP contribution in [0, 0.1) is 52.3 Å². The van der Waals surface area contributed by atoms with Crippen LogP contribution in [0.2, 0.25) is 0 Å². The van der Waals surface area contributed by atoms with Crippen LogP contribution in [0.15, 0.2) is 0 Å². The second-order valence-corrected chi connectivity index (χ2v) is 15.9. The molecule has 0 aromatic rings. The van der Waals surface area contributed by atoms with Gasteiger partial charge >= 0.3 is 8.69 Å². The van der Waals surface area contributed by atoms with Crippen molar-refractivity contribution in [2.75, 3.05) is 0 Å². The lowest BCUT2D eigenvalue weighted by Gasteiger charge is -2.61. The van der Waals surface area contributed by atoms with Gasteiger partial charge in [0.1, 0.15) is 0 Å². The quantitative estimate of drug-likeness (QED) is 0.302. The van der Waals surface area contributed by atoms with Gasteiger partial charge in [0.05, 0.1) is 11.7 Å². The van der Waals surface area contributed by atoms with Crippen molar-refractivity contribution >= 4 is 8.69 Å². The van der Waals surface area contributed by atoms with Crippen molar-refractivity contribution in [1.29, 1.82) is 0 Å². The predicted molar refractivity (Wildman–Crippen MR) is 147 cm³/mol. The highest BCUT2D eigenvalue weighted by molar-refractivity contribution is 7.41. The SMILES string of the molecule is CC(C)CCC[C@@H](C)[C@H]1CC[C@H]2[C@@H]3CCC4C[C@@H](OP(F)OC(C)(C)C)CC[C@]4(C)[C@H]3CC[C@]12C. The average Bonchev–Trinajstić information content (AvgIpc) is 3.09. The molecule has 204 valence electrons. The molecule has 4 aliphatic carbocycles. The molecule has 0 aromatic carbocycles. The van der Waals surface area contributed by atoms with Gasteiger partial charge in [0.2, 0.25) is 0 Å². The van der Waals surface area contributed by atoms with Crippen LogP contribution in [0.3, 0.4) is 0 Å². The molecule has 0 aliphatic heterocycles. The molecule has 35 heavy (non-hydrogen) atoms. The van der Waals surface area contributed by atoms with Crippen molar-refractivity contribution in [3.8, 4) is 0 Å². The highest BCUT2D eigenvalue weighted by Crippen LogP contribution is 2.68. The minimum absolute atomic E-state index is 0.0412. The molecular weight excluding hydrogens is 454 g/mol. The van der Waals surface area contributed by atoms with Gasteiger partial charge in [0, 0.05) is 0 Å². The van der Waals surface area contributed by atoms with E-state index in [1.165, 1.54) is 64.2 Å². The van der Waals surface area contributed by atoms with Gasteiger partial charge in [-0.25, -0.2) is 0 Å². The number of fused-ring (bicyclic) bond motifs is 5. The predicted octanol–water partition coefficient (Wildman–Crippen LogP) is 10.5. The summed E-state index contributed by atoms with van der Waals surface area (Å²) in [6.45, 7) is 18.3. The fourth-order valence-corrected chi connectivity index (χ4v) is 10.6. The van der Waals surface area contributed by atoms with Gasteiger partial charge in [-0.1, -0.05) is 53.9 Å². The Bertz CT molecular complexity index is 707. The average molecular weight is 511 g/mol. The normalized spacial score (nSPS) is 43.4. The molecule has 4 saturated carbocycles. The van der Waals surface area contributed by atoms with Crippen molar-refractivity contribution in [2.45, 2.75) is 144 Å². The molecule has 4 rings (SSSR count). The molecule has 0 spiro atoms. The van der Waals surface area contributed by atoms with E-state index in [2.05, 4.69) is 34.6 Å². The zero-order chi connectivity index (χ0) is 25.6. The van der Waals surface area contributed by atoms with Gasteiger partial charge in [-0.3, -0.25) is 0 Å². The maximum Gasteiger partial charge on any atom is 0.375 e. The third kappa shape index (κ3) is 5.98. The first kappa shape index (κ1) is 28.3. The molecular formula is C31H56FO2P. The van der Waals surface area contributed by atoms with Crippen molar-refractivity contribution in [3.05, 3.63) is 0 Å². The van der Waals surface area contributed by atoms with Crippen molar-refractivity contribution in [1.82, 2.24) is 0 Å². The minimum Gasteiger partial charge on any atom is -0.306 e. The smallest absolute Gasteiger partial charge is 0.306 e. The second kappa shape index (κ2) is 10.8. The van der Waals surface area contributed by atoms with E-state index >= 15 is 0 Å². The maximum absolute atomic E-state index is 14.5. The van der Waals surface area contributed by atoms with Gasteiger partial charge in [-0.15, -0.1) is 0 Å². The second-order valence-electron chi connectivity index (χ2n) is 15.1. The van der Waals surface area contributed by atoms with Crippen LogP contribution in [0.25, 0.3) is 0 Å². The van der Waals surface area contributed by atoms with E-state index in [4.69, 9.17) is 9.05 Å². The third-order valence-corrected chi connectivity index (χ3v) is 12.6. The lowest BCUT2D eigenvalue weighted by molar-refractivity contribution is -0.127. The molecule has 4 heteroatoms. The monoisotopic (exact) mass is 510 g/mol. The highest BCUT2D eigenvalue weighted by Gasteiger charge is 2.60. The fraction of sp³-hybridized carbons (Fsp3) is 1.00. The molecule has 0 N–H and O–H groups in total. The van der Waals surface area contributed by atoms with Crippen molar-refractivity contribution < 1.29 is 13.2 Å². The summed E-state index contributed by atoms with van der Waals surface area (Å²) in [6, 6.07) is 0. The largest absolute Gasteiger partial charge is 0.375 e. The molecule has 0 aromatic heterocycles. The minimum atomic E-state index is -2.28. The van der Waals surface area contributed by atoms with Gasteiger partial charge in [-0.2, -0.15) is 4.20 Å². The zero-order valence-corrected chi connectivity index (χ0v) is 25.1. The molecule has 10 atom stereocenters. The molecule has 0 heterocycles. The van der Waals surface area contributed by atoms with Gasteiger partial charge in [0.25, 0.3) is 0 Å². The summed E-state index contributed by atoms with van der Waals surface area (Å²) in [4.78, 5) is 0. The van der Waals surface area contributed by atoms with Crippen LogP contribution >= 0.6 is 8.69 Å². The van der Waals surface area contributed by atoms with E-state index < -0.39 is 14.3 Å². The lowest BCUT2D eigenvalue weighted by Crippen LogP contribution is -2.54. The van der Waals surface area contributed by atoms with Crippen LogP contribution in [0.1, 0.15) is 132 Å². The summed E-state index contributed by atoms with van der Waals surface area (Å²) in [5.74, 6) is 6.06. The molecule has 0 amide bonds. The maximum atomic E-state index is 14.5. The Hall–Kier alpha value is 0.280. The summed E-state index contributed by atoms with van der Waals surface area (Å²) in [5.41, 5.74) is 0.507. The van der Waals surface area contributed by atoms with Crippen LogP contribution in [0.4, 0.5) is 4.20 Å². The van der Waals surface area contributed by atoms with E-state index in [9.17, 15) is 4.20 Å². The number of hydrogen-bond donors (Lipinski definition) is 0. The standard InChI is InChI=1S/C31H56FO2P/c1-21(2)10-9-11-22(3)26-14-15-27-25-13-12-23-20-24(33-35(32)34-29(4,5)6)16-18-30(23,7)28(25)17-19-31(26,27)8/h21-28H,9-20H2,1-8H3/t22-,23?,24+,25+,26-,27+,28+,30+,31-,35?/m1/s1. The van der Waals surface area contributed by atoms with Crippen molar-refractivity contribution in [2.24, 2.45) is 52.3 Å². The first-order valence-corrected chi connectivity index (χ1v) is 16.2. The van der Waals surface area contributed by atoms with Gasteiger partial charge < -0.3 is 9.05 Å². The Balaban J connectivity index is 1.38. The fourth-order valence-electron chi connectivity index (χ4n) is 9.69. The van der Waals surface area contributed by atoms with Crippen LogP contribution in [-0.2, 0) is 9.05 Å². The van der Waals surface area contributed by atoms with Crippen LogP contribution in [-0.4, -0.2) is 11.7 Å². The third-order valence-electron chi connectivity index (χ3n) is 11.4. The molecule has 4 aliphatic rings. The molecule has 2 unspecified atom stereocenters. The Morgan fingerprint density at radius 3 is 2.26 bits per heavy atom. The summed E-state index contributed by atoms with van der Waals surface area (Å²) < 4.78 is 25.8. The Labute approximate surface area is 218 Å². The first-order chi connectivity index (χ1) is 16.3. The van der Waals surface area contributed by atoms with E-state index in [-0.39, 0.29) is 6.10 Å². The number of halogens is 1. The Kier molecular flexibility index (Phi) is 8.73. The van der Waals surface area contributed by atoms with Crippen LogP contribution < -0.4 is 0 Å². The molecule has 4 fully saturated rings. The number of hydrogen-bond acceptors (Lipinski definition) is 2. The van der Waals surface area contributed by atoms with Gasteiger partial charge in [0.15, 0.2) is 0 Å². The number of rotatable bonds is 8. The summed E-state index contributed by atoms with van der Waals surface area (Å²) >= 11 is 0. The Morgan fingerprint density at radius 2 is 1.57 bits per heavy atom. The molecule has 0 bridgehead atoms. The zero-order valence-electron chi connectivity index (χ0n) is 24.2. The van der Waals surface area contributed by atoms with E-state index in [0.717, 1.165) is 48.3 Å². The summed E-state index contributed by atoms with van der Waals surface area (Å²) in [7, 11) is -2.28. The van der Waals surface area contributed by atoms with E-state index in [0.29, 0.717) is 16.7 Å². The van der Waals surface area contributed by atoms with Crippen molar-refractivity contribution in [3.63, 3.8) is 0 Å². The molecule has 0 saturated heterocycles. The van der Waals surface area contributed by atoms with Crippen LogP contribution in [0.5, 0.6) is 0 Å². The summed E-state index contributed by atoms with van der Waals surface area (Å²) in [6.07, 6.45) is 16.0. The molecule has 0 radical (unpaired) electrons.